The summed E-state index contributed by atoms with van der Waals surface area (Å²) in [5.74, 6) is -0.780. The van der Waals surface area contributed by atoms with Crippen LogP contribution in [0.1, 0.15) is 106 Å². The minimum atomic E-state index is -1.88. The van der Waals surface area contributed by atoms with Crippen molar-refractivity contribution >= 4 is 12.3 Å². The maximum absolute atomic E-state index is 15.0. The Labute approximate surface area is 391 Å². The molecule has 67 heavy (non-hydrogen) atoms. The van der Waals surface area contributed by atoms with Crippen LogP contribution in [0.15, 0.2) is 11.6 Å². The number of allylic oxidation sites excluding steroid dienone is 2. The zero-order valence-corrected chi connectivity index (χ0v) is 39.5. The van der Waals surface area contributed by atoms with Crippen LogP contribution in [0.25, 0.3) is 0 Å². The van der Waals surface area contributed by atoms with Crippen LogP contribution in [-0.2, 0) is 38.0 Å². The highest BCUT2D eigenvalue weighted by Gasteiger charge is 2.70. The van der Waals surface area contributed by atoms with Gasteiger partial charge in [0.1, 0.15) is 73.4 Å². The van der Waals surface area contributed by atoms with Gasteiger partial charge in [-0.05, 0) is 111 Å². The molecule has 0 radical (unpaired) electrons. The van der Waals surface area contributed by atoms with Crippen molar-refractivity contribution in [2.24, 2.45) is 50.2 Å². The van der Waals surface area contributed by atoms with Gasteiger partial charge in [-0.3, -0.25) is 4.79 Å². The van der Waals surface area contributed by atoms with Gasteiger partial charge in [-0.15, -0.1) is 0 Å². The Kier molecular flexibility index (Phi) is 14.1. The fraction of sp³-hybridized carbons (Fsp3) is 0.917. The molecule has 4 saturated carbocycles. The van der Waals surface area contributed by atoms with Gasteiger partial charge in [0.05, 0.1) is 36.3 Å². The van der Waals surface area contributed by atoms with E-state index in [1.54, 1.807) is 0 Å². The average Bonchev–Trinajstić information content (AvgIpc) is 3.30. The van der Waals surface area contributed by atoms with Crippen LogP contribution in [0.3, 0.4) is 0 Å². The molecule has 8 aliphatic rings. The van der Waals surface area contributed by atoms with E-state index < -0.39 is 134 Å². The zero-order valence-electron chi connectivity index (χ0n) is 39.5. The molecule has 0 unspecified atom stereocenters. The summed E-state index contributed by atoms with van der Waals surface area (Å²) in [6.07, 6.45) is -15.8. The molecule has 3 saturated heterocycles. The maximum atomic E-state index is 15.0. The zero-order chi connectivity index (χ0) is 49.0. The summed E-state index contributed by atoms with van der Waals surface area (Å²) in [6, 6.07) is 0. The van der Waals surface area contributed by atoms with E-state index in [9.17, 15) is 65.8 Å². The Morgan fingerprint density at radius 3 is 2.03 bits per heavy atom. The van der Waals surface area contributed by atoms with Crippen molar-refractivity contribution in [1.29, 1.82) is 0 Å². The van der Waals surface area contributed by atoms with Crippen LogP contribution in [0.4, 0.5) is 0 Å². The van der Waals surface area contributed by atoms with E-state index in [-0.39, 0.29) is 40.6 Å². The molecule has 25 atom stereocenters. The summed E-state index contributed by atoms with van der Waals surface area (Å²) in [7, 11) is 0. The van der Waals surface area contributed by atoms with E-state index in [1.807, 2.05) is 13.8 Å². The molecule has 0 aromatic heterocycles. The van der Waals surface area contributed by atoms with Crippen molar-refractivity contribution in [2.75, 3.05) is 19.8 Å². The minimum absolute atomic E-state index is 0.0134. The average molecular weight is 957 g/mol. The van der Waals surface area contributed by atoms with Gasteiger partial charge >= 0.3 is 5.97 Å². The Hall–Kier alpha value is -1.76. The van der Waals surface area contributed by atoms with Crippen molar-refractivity contribution in [3.63, 3.8) is 0 Å². The molecule has 3 heterocycles. The van der Waals surface area contributed by atoms with E-state index in [1.165, 1.54) is 6.92 Å². The molecule has 5 aliphatic carbocycles. The molecular weight excluding hydrogens is 881 g/mol. The number of rotatable bonds is 10. The predicted molar refractivity (Wildman–Crippen MR) is 231 cm³/mol. The molecule has 8 rings (SSSR count). The lowest BCUT2D eigenvalue weighted by molar-refractivity contribution is -0.361. The van der Waals surface area contributed by atoms with Gasteiger partial charge in [0.2, 0.25) is 6.29 Å². The van der Waals surface area contributed by atoms with Crippen molar-refractivity contribution in [3.8, 4) is 0 Å². The molecule has 0 spiro atoms. The van der Waals surface area contributed by atoms with Gasteiger partial charge in [-0.25, -0.2) is 0 Å². The third-order valence-electron chi connectivity index (χ3n) is 19.5. The van der Waals surface area contributed by atoms with Gasteiger partial charge in [-0.2, -0.15) is 0 Å². The Morgan fingerprint density at radius 1 is 0.716 bits per heavy atom. The number of esters is 1. The van der Waals surface area contributed by atoms with Gasteiger partial charge in [0.25, 0.3) is 0 Å². The smallest absolute Gasteiger partial charge is 0.315 e. The van der Waals surface area contributed by atoms with E-state index in [0.29, 0.717) is 38.5 Å². The topological polar surface area (TPSA) is 312 Å². The highest BCUT2D eigenvalue weighted by molar-refractivity contribution is 5.79. The second kappa shape index (κ2) is 18.4. The molecule has 7 fully saturated rings. The molecule has 19 heteroatoms. The monoisotopic (exact) mass is 956 g/mol. The van der Waals surface area contributed by atoms with Gasteiger partial charge in [0, 0.05) is 6.61 Å². The first-order valence-corrected chi connectivity index (χ1v) is 24.4. The number of carbonyl (C=O) groups is 2. The molecule has 19 nitrogen and oxygen atoms in total. The van der Waals surface area contributed by atoms with Gasteiger partial charge in [0.15, 0.2) is 12.6 Å². The van der Waals surface area contributed by atoms with Crippen LogP contribution < -0.4 is 0 Å². The number of carbonyl (C=O) groups excluding carboxylic acids is 2. The summed E-state index contributed by atoms with van der Waals surface area (Å²) in [4.78, 5) is 27.6. The largest absolute Gasteiger partial charge is 0.432 e. The lowest BCUT2D eigenvalue weighted by Crippen LogP contribution is -2.66. The van der Waals surface area contributed by atoms with Crippen molar-refractivity contribution in [2.45, 2.75) is 204 Å². The quantitative estimate of drug-likeness (QED) is 0.0734. The lowest BCUT2D eigenvalue weighted by atomic mass is 9.33. The van der Waals surface area contributed by atoms with Crippen molar-refractivity contribution in [3.05, 3.63) is 11.6 Å². The molecule has 0 amide bonds. The highest BCUT2D eigenvalue weighted by Crippen LogP contribution is 2.76. The molecule has 0 bridgehead atoms. The summed E-state index contributed by atoms with van der Waals surface area (Å²) in [5.41, 5.74) is -2.08. The number of hydrogen-bond donors (Lipinski definition) is 11. The molecule has 3 aliphatic heterocycles. The normalized spacial score (nSPS) is 55.5. The van der Waals surface area contributed by atoms with Crippen LogP contribution in [0.5, 0.6) is 0 Å². The van der Waals surface area contributed by atoms with E-state index in [4.69, 9.17) is 28.4 Å². The van der Waals surface area contributed by atoms with Gasteiger partial charge in [-0.1, -0.05) is 46.3 Å². The Morgan fingerprint density at radius 2 is 1.36 bits per heavy atom. The molecule has 382 valence electrons. The molecular formula is C48H76O19. The first kappa shape index (κ1) is 51.6. The minimum Gasteiger partial charge on any atom is -0.432 e. The maximum Gasteiger partial charge on any atom is 0.315 e. The predicted octanol–water partition coefficient (Wildman–Crippen LogP) is -0.680. The number of aldehydes is 1. The fourth-order valence-corrected chi connectivity index (χ4v) is 14.7. The third kappa shape index (κ3) is 8.01. The number of aliphatic hydroxyl groups excluding tert-OH is 11. The van der Waals surface area contributed by atoms with E-state index in [0.717, 1.165) is 37.5 Å². The third-order valence-corrected chi connectivity index (χ3v) is 19.5. The van der Waals surface area contributed by atoms with E-state index in [2.05, 4.69) is 26.8 Å². The van der Waals surface area contributed by atoms with E-state index >= 15 is 0 Å². The Bertz CT molecular complexity index is 1850. The molecule has 0 aromatic carbocycles. The lowest BCUT2D eigenvalue weighted by Gasteiger charge is -2.71. The summed E-state index contributed by atoms with van der Waals surface area (Å²) < 4.78 is 34.6. The van der Waals surface area contributed by atoms with Crippen LogP contribution in [0, 0.1) is 50.2 Å². The second-order valence-corrected chi connectivity index (χ2v) is 23.0. The number of fused-ring (bicyclic) bond motifs is 7. The van der Waals surface area contributed by atoms with Gasteiger partial charge < -0.3 is 89.4 Å². The Balaban J connectivity index is 0.987. The van der Waals surface area contributed by atoms with Crippen molar-refractivity contribution < 1.29 is 94.2 Å². The number of ether oxygens (including phenoxy) is 6. The number of aliphatic hydroxyl groups is 11. The number of hydrogen-bond acceptors (Lipinski definition) is 19. The summed E-state index contributed by atoms with van der Waals surface area (Å²) >= 11 is 0. The van der Waals surface area contributed by atoms with Crippen molar-refractivity contribution in [1.82, 2.24) is 0 Å². The second-order valence-electron chi connectivity index (χ2n) is 23.0. The first-order valence-electron chi connectivity index (χ1n) is 24.4. The molecule has 0 aromatic rings. The summed E-state index contributed by atoms with van der Waals surface area (Å²) in [5, 5.41) is 118. The van der Waals surface area contributed by atoms with Crippen LogP contribution in [0.2, 0.25) is 0 Å². The summed E-state index contributed by atoms with van der Waals surface area (Å²) in [6.45, 7) is 10.8. The SMILES string of the molecule is C[C@@H]1O[C@@H](O[C@H]2[C@H](O)[C@@H](O)[C@H](OC[C@H]3O[C@@H](OC(=O)[C@]45CC[C@@](C)(CO)C[C@H]4C4=CC[C@@H]6[C@@]7(C)CC[C@@H](O)[C@@](C)(C=O)[C@@H]7CC[C@@]6(C)[C@]4(C)CC5)[C@H](O)[C@@H](O)[C@@H]3O)O[C@@H]2CO)[C@H](O)[C@H](O)[C@H]1O. The fourth-order valence-electron chi connectivity index (χ4n) is 14.7. The molecule has 11 N–H and O–H groups in total. The first-order chi connectivity index (χ1) is 31.4. The van der Waals surface area contributed by atoms with Crippen LogP contribution in [-0.4, -0.2) is 186 Å². The standard InChI is InChI=1S/C48H76O19/c1-22-30(53)32(55)35(58)40(63-22)66-38-25(18-49)64-39(37(60)34(38)57)62-19-26-31(54)33(56)36(59)41(65-26)67-42(61)48-15-13-43(2,20-50)17-24(48)23-7-8-28-44(3)11-10-29(52)45(4,21-51)27(44)9-12-47(28,6)46(23,5)14-16-48/h7,21-22,24-41,49-50,52-60H,8-20H2,1-6H3/t22-,24-,25+,26+,27+,28+,29+,30-,31+,32+,33-,34+,35+,36+,37+,38+,39+,40-,41-,43+,44-,45-,46+,47+,48-/m0/s1. The van der Waals surface area contributed by atoms with Crippen LogP contribution >= 0.6 is 0 Å². The highest BCUT2D eigenvalue weighted by atomic mass is 16.8.